The first-order valence-corrected chi connectivity index (χ1v) is 7.23. The van der Waals surface area contributed by atoms with Crippen LogP contribution in [0.5, 0.6) is 0 Å². The van der Waals surface area contributed by atoms with E-state index in [9.17, 15) is 9.18 Å². The number of carbonyl (C=O) groups excluding carboxylic acids is 1. The summed E-state index contributed by atoms with van der Waals surface area (Å²) in [5.41, 5.74) is 1.13. The Labute approximate surface area is 117 Å². The van der Waals surface area contributed by atoms with Crippen LogP contribution in [0.3, 0.4) is 0 Å². The topological polar surface area (TPSA) is 34.0 Å². The molecule has 0 unspecified atom stereocenters. The minimum Gasteiger partial charge on any atom is -0.355 e. The Morgan fingerprint density at radius 2 is 2.05 bits per heavy atom. The number of nitrogens with one attached hydrogen (secondary N) is 1. The van der Waals surface area contributed by atoms with Crippen molar-refractivity contribution < 1.29 is 9.18 Å². The summed E-state index contributed by atoms with van der Waals surface area (Å²) in [5, 5.41) is 3.34. The first-order valence-electron chi connectivity index (χ1n) is 7.23. The highest BCUT2D eigenvalue weighted by atomic mass is 19.1. The first-order chi connectivity index (χ1) is 9.72. The molecule has 0 saturated heterocycles. The number of aromatic nitrogens is 1. The SMILES string of the molecule is CNC(=O)c1cn(C2CCCCC2)c2c(F)cccc12. The summed E-state index contributed by atoms with van der Waals surface area (Å²) in [7, 11) is 1.60. The molecule has 1 saturated carbocycles. The van der Waals surface area contributed by atoms with Crippen LogP contribution in [0.15, 0.2) is 24.4 Å². The molecule has 1 aromatic heterocycles. The van der Waals surface area contributed by atoms with E-state index in [-0.39, 0.29) is 11.7 Å². The lowest BCUT2D eigenvalue weighted by Gasteiger charge is -2.24. The lowest BCUT2D eigenvalue weighted by Crippen LogP contribution is -2.17. The van der Waals surface area contributed by atoms with E-state index in [0.717, 1.165) is 12.8 Å². The minimum atomic E-state index is -0.247. The van der Waals surface area contributed by atoms with Gasteiger partial charge in [-0.25, -0.2) is 4.39 Å². The van der Waals surface area contributed by atoms with E-state index in [0.29, 0.717) is 22.5 Å². The number of rotatable bonds is 2. The summed E-state index contributed by atoms with van der Waals surface area (Å²) < 4.78 is 16.2. The zero-order valence-corrected chi connectivity index (χ0v) is 11.7. The van der Waals surface area contributed by atoms with Crippen molar-refractivity contribution in [2.75, 3.05) is 7.05 Å². The molecule has 0 bridgehead atoms. The molecule has 1 N–H and O–H groups in total. The van der Waals surface area contributed by atoms with Gasteiger partial charge in [0.25, 0.3) is 5.91 Å². The zero-order valence-electron chi connectivity index (χ0n) is 11.7. The van der Waals surface area contributed by atoms with Crippen LogP contribution in [-0.2, 0) is 0 Å². The first kappa shape index (κ1) is 13.2. The average Bonchev–Trinajstić information content (AvgIpc) is 2.88. The lowest BCUT2D eigenvalue weighted by molar-refractivity contribution is 0.0964. The van der Waals surface area contributed by atoms with Crippen LogP contribution in [-0.4, -0.2) is 17.5 Å². The summed E-state index contributed by atoms with van der Waals surface area (Å²) >= 11 is 0. The van der Waals surface area contributed by atoms with Gasteiger partial charge in [0.15, 0.2) is 0 Å². The van der Waals surface area contributed by atoms with Gasteiger partial charge in [0.1, 0.15) is 5.82 Å². The molecule has 1 aliphatic carbocycles. The summed E-state index contributed by atoms with van der Waals surface area (Å²) in [6, 6.07) is 5.26. The maximum absolute atomic E-state index is 14.2. The lowest BCUT2D eigenvalue weighted by atomic mass is 9.95. The standard InChI is InChI=1S/C16H19FN2O/c1-18-16(20)13-10-19(11-6-3-2-4-7-11)15-12(13)8-5-9-14(15)17/h5,8-11H,2-4,6-7H2,1H3,(H,18,20). The van der Waals surface area contributed by atoms with Gasteiger partial charge < -0.3 is 9.88 Å². The van der Waals surface area contributed by atoms with Crippen molar-refractivity contribution in [1.29, 1.82) is 0 Å². The van der Waals surface area contributed by atoms with Gasteiger partial charge in [0.05, 0.1) is 11.1 Å². The predicted molar refractivity (Wildman–Crippen MR) is 77.4 cm³/mol. The summed E-state index contributed by atoms with van der Waals surface area (Å²) in [6.07, 6.45) is 7.54. The predicted octanol–water partition coefficient (Wildman–Crippen LogP) is 3.65. The van der Waals surface area contributed by atoms with Gasteiger partial charge in [0.2, 0.25) is 0 Å². The van der Waals surface area contributed by atoms with Crippen LogP contribution in [0, 0.1) is 5.82 Å². The Morgan fingerprint density at radius 3 is 2.75 bits per heavy atom. The van der Waals surface area contributed by atoms with E-state index in [1.165, 1.54) is 25.3 Å². The van der Waals surface area contributed by atoms with Crippen molar-refractivity contribution in [1.82, 2.24) is 9.88 Å². The third kappa shape index (κ3) is 2.09. The second-order valence-corrected chi connectivity index (χ2v) is 5.46. The monoisotopic (exact) mass is 274 g/mol. The van der Waals surface area contributed by atoms with Gasteiger partial charge in [-0.05, 0) is 18.9 Å². The number of carbonyl (C=O) groups is 1. The third-order valence-electron chi connectivity index (χ3n) is 4.24. The molecule has 0 spiro atoms. The van der Waals surface area contributed by atoms with E-state index < -0.39 is 0 Å². The van der Waals surface area contributed by atoms with Gasteiger partial charge in [-0.3, -0.25) is 4.79 Å². The zero-order chi connectivity index (χ0) is 14.1. The molecular weight excluding hydrogens is 255 g/mol. The van der Waals surface area contributed by atoms with Gasteiger partial charge in [-0.2, -0.15) is 0 Å². The normalized spacial score (nSPS) is 16.5. The second kappa shape index (κ2) is 5.27. The molecule has 1 heterocycles. The van der Waals surface area contributed by atoms with Gasteiger partial charge in [0, 0.05) is 24.7 Å². The number of amides is 1. The molecule has 0 aliphatic heterocycles. The Balaban J connectivity index is 2.18. The fourth-order valence-corrected chi connectivity index (χ4v) is 3.23. The van der Waals surface area contributed by atoms with Crippen molar-refractivity contribution >= 4 is 16.8 Å². The number of halogens is 1. The van der Waals surface area contributed by atoms with Crippen molar-refractivity contribution in [2.45, 2.75) is 38.1 Å². The van der Waals surface area contributed by atoms with Crippen LogP contribution in [0.4, 0.5) is 4.39 Å². The molecular formula is C16H19FN2O. The summed E-state index contributed by atoms with van der Waals surface area (Å²) in [4.78, 5) is 12.0. The average molecular weight is 274 g/mol. The number of para-hydroxylation sites is 1. The van der Waals surface area contributed by atoms with Crippen molar-refractivity contribution in [3.8, 4) is 0 Å². The van der Waals surface area contributed by atoms with E-state index >= 15 is 0 Å². The molecule has 0 atom stereocenters. The molecule has 1 amide bonds. The highest BCUT2D eigenvalue weighted by Crippen LogP contribution is 2.34. The number of hydrogen-bond acceptors (Lipinski definition) is 1. The molecule has 3 rings (SSSR count). The Hall–Kier alpha value is -1.84. The van der Waals surface area contributed by atoms with Gasteiger partial charge >= 0.3 is 0 Å². The number of fused-ring (bicyclic) bond motifs is 1. The largest absolute Gasteiger partial charge is 0.355 e. The molecule has 3 nitrogen and oxygen atoms in total. The molecule has 2 aromatic rings. The highest BCUT2D eigenvalue weighted by molar-refractivity contribution is 6.07. The second-order valence-electron chi connectivity index (χ2n) is 5.46. The maximum Gasteiger partial charge on any atom is 0.253 e. The van der Waals surface area contributed by atoms with E-state index in [1.54, 1.807) is 13.1 Å². The van der Waals surface area contributed by atoms with Crippen molar-refractivity contribution in [2.24, 2.45) is 0 Å². The quantitative estimate of drug-likeness (QED) is 0.891. The molecule has 4 heteroatoms. The molecule has 1 fully saturated rings. The van der Waals surface area contributed by atoms with Crippen LogP contribution >= 0.6 is 0 Å². The fraction of sp³-hybridized carbons (Fsp3) is 0.438. The summed E-state index contributed by atoms with van der Waals surface area (Å²) in [6.45, 7) is 0. The van der Waals surface area contributed by atoms with Crippen molar-refractivity contribution in [3.05, 3.63) is 35.8 Å². The molecule has 20 heavy (non-hydrogen) atoms. The van der Waals surface area contributed by atoms with Crippen LogP contribution in [0.1, 0.15) is 48.5 Å². The number of hydrogen-bond donors (Lipinski definition) is 1. The van der Waals surface area contributed by atoms with Gasteiger partial charge in [-0.1, -0.05) is 31.4 Å². The van der Waals surface area contributed by atoms with Gasteiger partial charge in [-0.15, -0.1) is 0 Å². The van der Waals surface area contributed by atoms with Crippen LogP contribution in [0.2, 0.25) is 0 Å². The highest BCUT2D eigenvalue weighted by Gasteiger charge is 2.22. The number of benzene rings is 1. The van der Waals surface area contributed by atoms with Crippen molar-refractivity contribution in [3.63, 3.8) is 0 Å². The van der Waals surface area contributed by atoms with E-state index in [1.807, 2.05) is 16.8 Å². The Bertz CT molecular complexity index is 641. The Morgan fingerprint density at radius 1 is 1.30 bits per heavy atom. The van der Waals surface area contributed by atoms with E-state index in [2.05, 4.69) is 5.32 Å². The summed E-state index contributed by atoms with van der Waals surface area (Å²) in [5.74, 6) is -0.404. The maximum atomic E-state index is 14.2. The van der Waals surface area contributed by atoms with E-state index in [4.69, 9.17) is 0 Å². The third-order valence-corrected chi connectivity index (χ3v) is 4.24. The van der Waals surface area contributed by atoms with Crippen LogP contribution in [0.25, 0.3) is 10.9 Å². The smallest absolute Gasteiger partial charge is 0.253 e. The Kier molecular flexibility index (Phi) is 3.47. The molecule has 106 valence electrons. The molecule has 1 aromatic carbocycles. The molecule has 0 radical (unpaired) electrons. The molecule has 1 aliphatic rings. The van der Waals surface area contributed by atoms with Crippen LogP contribution < -0.4 is 5.32 Å². The minimum absolute atomic E-state index is 0.157. The number of nitrogens with zero attached hydrogens (tertiary/aromatic N) is 1. The fourth-order valence-electron chi connectivity index (χ4n) is 3.23.